The van der Waals surface area contributed by atoms with Gasteiger partial charge >= 0.3 is 0 Å². The van der Waals surface area contributed by atoms with E-state index in [1.165, 1.54) is 44.5 Å². The quantitative estimate of drug-likeness (QED) is 0.166. The van der Waals surface area contributed by atoms with E-state index in [0.29, 0.717) is 0 Å². The van der Waals surface area contributed by atoms with Crippen LogP contribution in [0.2, 0.25) is 0 Å². The second-order valence-corrected chi connectivity index (χ2v) is 20.5. The molecule has 2 spiro atoms. The molecule has 16 rings (SSSR count). The highest BCUT2D eigenvalue weighted by atomic mass is 16.5. The van der Waals surface area contributed by atoms with Crippen LogP contribution in [0.3, 0.4) is 0 Å². The molecule has 3 nitrogen and oxygen atoms in total. The number of anilines is 3. The van der Waals surface area contributed by atoms with Gasteiger partial charge in [0.2, 0.25) is 0 Å². The molecule has 12 aromatic carbocycles. The summed E-state index contributed by atoms with van der Waals surface area (Å²) in [5.74, 6) is 3.52. The van der Waals surface area contributed by atoms with Crippen molar-refractivity contribution >= 4 is 17.1 Å². The van der Waals surface area contributed by atoms with Gasteiger partial charge in [-0.1, -0.05) is 237 Å². The van der Waals surface area contributed by atoms with Crippen molar-refractivity contribution in [1.82, 2.24) is 0 Å². The van der Waals surface area contributed by atoms with Gasteiger partial charge in [-0.2, -0.15) is 0 Å². The van der Waals surface area contributed by atoms with Crippen molar-refractivity contribution in [1.29, 1.82) is 0 Å². The number of para-hydroxylation sites is 7. The van der Waals surface area contributed by atoms with Gasteiger partial charge < -0.3 is 14.4 Å². The summed E-state index contributed by atoms with van der Waals surface area (Å²) in [6, 6.07) is 104. The fraction of sp³-hybridized carbons (Fsp3) is 0.0270. The first-order chi connectivity index (χ1) is 38.2. The van der Waals surface area contributed by atoms with Crippen molar-refractivity contribution in [2.45, 2.75) is 10.8 Å². The molecule has 0 fully saturated rings. The van der Waals surface area contributed by atoms with Crippen LogP contribution in [0, 0.1) is 0 Å². The van der Waals surface area contributed by atoms with E-state index in [1.54, 1.807) is 0 Å². The highest BCUT2D eigenvalue weighted by Gasteiger charge is 2.53. The molecule has 12 aromatic rings. The van der Waals surface area contributed by atoms with Gasteiger partial charge in [-0.25, -0.2) is 0 Å². The molecule has 0 amide bonds. The Bertz CT molecular complexity index is 4290. The monoisotopic (exact) mass is 981 g/mol. The van der Waals surface area contributed by atoms with Crippen LogP contribution in [0.25, 0.3) is 55.6 Å². The van der Waals surface area contributed by atoms with Gasteiger partial charge in [0.15, 0.2) is 0 Å². The van der Waals surface area contributed by atoms with Crippen LogP contribution in [0.1, 0.15) is 44.5 Å². The average molecular weight is 982 g/mol. The van der Waals surface area contributed by atoms with Gasteiger partial charge in [-0.05, 0) is 110 Å². The van der Waals surface area contributed by atoms with Gasteiger partial charge in [0.1, 0.15) is 23.0 Å². The number of fused-ring (bicyclic) bond motifs is 18. The van der Waals surface area contributed by atoms with Crippen molar-refractivity contribution in [3.63, 3.8) is 0 Å². The maximum Gasteiger partial charge on any atom is 0.132 e. The predicted molar refractivity (Wildman–Crippen MR) is 312 cm³/mol. The van der Waals surface area contributed by atoms with Gasteiger partial charge in [0.25, 0.3) is 0 Å². The molecule has 77 heavy (non-hydrogen) atoms. The normalized spacial score (nSPS) is 13.9. The van der Waals surface area contributed by atoms with Crippen LogP contribution in [0.5, 0.6) is 23.0 Å². The SMILES string of the molecule is c1ccc(-c2ccccc2N(c2ccccc2-c2ccc3c(c2)C2(c4ccccc4Oc4ccccc42)c2ccccc2-3)c2ccccc2-c2cccc3c2-c2ccccc2C32c3ccccc3Oc3ccccc32)cc1. The lowest BCUT2D eigenvalue weighted by Gasteiger charge is -2.39. The Labute approximate surface area is 448 Å². The Morgan fingerprint density at radius 3 is 1.14 bits per heavy atom. The minimum Gasteiger partial charge on any atom is -0.457 e. The Morgan fingerprint density at radius 2 is 0.584 bits per heavy atom. The molecule has 2 aliphatic carbocycles. The molecule has 0 radical (unpaired) electrons. The van der Waals surface area contributed by atoms with Crippen LogP contribution in [0.15, 0.2) is 285 Å². The van der Waals surface area contributed by atoms with Crippen molar-refractivity contribution in [3.05, 3.63) is 330 Å². The van der Waals surface area contributed by atoms with Crippen molar-refractivity contribution in [2.24, 2.45) is 0 Å². The minimum atomic E-state index is -0.610. The van der Waals surface area contributed by atoms with Crippen molar-refractivity contribution in [3.8, 4) is 78.6 Å². The first kappa shape index (κ1) is 43.4. The molecule has 0 atom stereocenters. The molecule has 2 heterocycles. The summed E-state index contributed by atoms with van der Waals surface area (Å²) in [6.45, 7) is 0. The minimum absolute atomic E-state index is 0.607. The Kier molecular flexibility index (Phi) is 9.47. The zero-order valence-electron chi connectivity index (χ0n) is 41.9. The van der Waals surface area contributed by atoms with E-state index >= 15 is 0 Å². The number of rotatable bonds is 6. The van der Waals surface area contributed by atoms with E-state index < -0.39 is 10.8 Å². The van der Waals surface area contributed by atoms with E-state index in [9.17, 15) is 0 Å². The molecular weight excluding hydrogens is 935 g/mol. The number of nitrogens with zero attached hydrogens (tertiary/aromatic N) is 1. The van der Waals surface area contributed by atoms with Crippen LogP contribution in [-0.4, -0.2) is 0 Å². The first-order valence-corrected chi connectivity index (χ1v) is 26.6. The number of ether oxygens (including phenoxy) is 2. The molecular formula is C74H47NO2. The summed E-state index contributed by atoms with van der Waals surface area (Å²) in [5.41, 5.74) is 23.3. The van der Waals surface area contributed by atoms with E-state index in [2.05, 4.69) is 290 Å². The molecule has 0 saturated carbocycles. The molecule has 360 valence electrons. The lowest BCUT2D eigenvalue weighted by Crippen LogP contribution is -2.32. The van der Waals surface area contributed by atoms with Crippen molar-refractivity contribution < 1.29 is 9.47 Å². The summed E-state index contributed by atoms with van der Waals surface area (Å²) >= 11 is 0. The molecule has 0 bridgehead atoms. The zero-order valence-corrected chi connectivity index (χ0v) is 41.9. The number of hydrogen-bond donors (Lipinski definition) is 0. The Hall–Kier alpha value is -9.96. The molecule has 2 aliphatic heterocycles. The third-order valence-corrected chi connectivity index (χ3v) is 16.8. The third-order valence-electron chi connectivity index (χ3n) is 16.8. The second kappa shape index (κ2) is 16.8. The summed E-state index contributed by atoms with van der Waals surface area (Å²) in [4.78, 5) is 2.53. The lowest BCUT2D eigenvalue weighted by atomic mass is 9.66. The lowest BCUT2D eigenvalue weighted by molar-refractivity contribution is 0.436. The van der Waals surface area contributed by atoms with E-state index in [4.69, 9.17) is 9.47 Å². The summed E-state index contributed by atoms with van der Waals surface area (Å²) in [5, 5.41) is 0. The maximum absolute atomic E-state index is 6.75. The van der Waals surface area contributed by atoms with Crippen LogP contribution < -0.4 is 14.4 Å². The predicted octanol–water partition coefficient (Wildman–Crippen LogP) is 19.1. The Balaban J connectivity index is 0.955. The number of benzene rings is 12. The van der Waals surface area contributed by atoms with Gasteiger partial charge in [-0.3, -0.25) is 0 Å². The fourth-order valence-electron chi connectivity index (χ4n) is 13.9. The maximum atomic E-state index is 6.75. The van der Waals surface area contributed by atoms with Crippen LogP contribution in [-0.2, 0) is 10.8 Å². The van der Waals surface area contributed by atoms with Crippen LogP contribution in [0.4, 0.5) is 17.1 Å². The average Bonchev–Trinajstić information content (AvgIpc) is 3.95. The molecule has 0 saturated heterocycles. The zero-order chi connectivity index (χ0) is 50.7. The molecule has 0 unspecified atom stereocenters. The van der Waals surface area contributed by atoms with Crippen LogP contribution >= 0.6 is 0 Å². The van der Waals surface area contributed by atoms with E-state index in [1.807, 2.05) is 0 Å². The molecule has 0 N–H and O–H groups in total. The smallest absolute Gasteiger partial charge is 0.132 e. The van der Waals surface area contributed by atoms with Gasteiger partial charge in [-0.15, -0.1) is 0 Å². The summed E-state index contributed by atoms with van der Waals surface area (Å²) in [7, 11) is 0. The largest absolute Gasteiger partial charge is 0.457 e. The van der Waals surface area contributed by atoms with Gasteiger partial charge in [0.05, 0.1) is 27.9 Å². The van der Waals surface area contributed by atoms with E-state index in [0.717, 1.165) is 95.7 Å². The topological polar surface area (TPSA) is 21.7 Å². The fourth-order valence-corrected chi connectivity index (χ4v) is 13.9. The highest BCUT2D eigenvalue weighted by molar-refractivity contribution is 6.03. The summed E-state index contributed by atoms with van der Waals surface area (Å²) < 4.78 is 13.5. The molecule has 4 aliphatic rings. The second-order valence-electron chi connectivity index (χ2n) is 20.5. The molecule has 3 heteroatoms. The Morgan fingerprint density at radius 1 is 0.221 bits per heavy atom. The third kappa shape index (κ3) is 6.02. The standard InChI is InChI=1S/C74H47NO2/c1-2-23-48(24-3-1)50-25-6-15-38-65(50)75(66-39-16-7-26-51(66)49-45-46-53-52-27-4-9-31-57(52)74(64(53)47-49)61-35-13-20-43-70(61)77-71-44-21-14-36-62(71)74)67-40-17-8-28-54(67)55-30-22-37-63-72(55)56-29-5-10-32-58(56)73(63)59-33-11-18-41-68(59)76-69-42-19-12-34-60(69)73/h1-47H. The van der Waals surface area contributed by atoms with Gasteiger partial charge in [0, 0.05) is 38.9 Å². The summed E-state index contributed by atoms with van der Waals surface area (Å²) in [6.07, 6.45) is 0. The molecule has 0 aromatic heterocycles. The number of hydrogen-bond acceptors (Lipinski definition) is 3. The van der Waals surface area contributed by atoms with E-state index in [-0.39, 0.29) is 0 Å². The highest BCUT2D eigenvalue weighted by Crippen LogP contribution is 2.65. The first-order valence-electron chi connectivity index (χ1n) is 26.6. The van der Waals surface area contributed by atoms with Crippen molar-refractivity contribution in [2.75, 3.05) is 4.90 Å².